The van der Waals surface area contributed by atoms with Crippen LogP contribution in [0.2, 0.25) is 0 Å². The monoisotopic (exact) mass is 413 g/mol. The summed E-state index contributed by atoms with van der Waals surface area (Å²) in [5.74, 6) is 0.250. The topological polar surface area (TPSA) is 93.0 Å². The van der Waals surface area contributed by atoms with E-state index in [1.807, 2.05) is 50.2 Å². The number of hydrogen-bond acceptors (Lipinski definition) is 6. The van der Waals surface area contributed by atoms with Crippen LogP contribution in [0.4, 0.5) is 28.7 Å². The molecule has 0 amide bonds. The van der Waals surface area contributed by atoms with E-state index in [4.69, 9.17) is 0 Å². The highest BCUT2D eigenvalue weighted by molar-refractivity contribution is 9.10. The smallest absolute Gasteiger partial charge is 0.334 e. The summed E-state index contributed by atoms with van der Waals surface area (Å²) in [4.78, 5) is 19.2. The Labute approximate surface area is 158 Å². The molecule has 3 aromatic rings. The minimum atomic E-state index is -0.496. The molecule has 1 aromatic heterocycles. The summed E-state index contributed by atoms with van der Waals surface area (Å²) in [6.07, 6.45) is 1.29. The largest absolute Gasteiger partial charge is 0.353 e. The first-order valence-corrected chi connectivity index (χ1v) is 8.59. The van der Waals surface area contributed by atoms with E-state index in [0.717, 1.165) is 21.3 Å². The van der Waals surface area contributed by atoms with Gasteiger partial charge in [-0.2, -0.15) is 0 Å². The average molecular weight is 414 g/mol. The van der Waals surface area contributed by atoms with E-state index in [2.05, 4.69) is 36.5 Å². The Bertz CT molecular complexity index is 978. The van der Waals surface area contributed by atoms with Gasteiger partial charge in [0, 0.05) is 15.8 Å². The highest BCUT2D eigenvalue weighted by Crippen LogP contribution is 2.33. The van der Waals surface area contributed by atoms with E-state index in [1.54, 1.807) is 6.07 Å². The number of benzene rings is 2. The number of aryl methyl sites for hydroxylation is 2. The Morgan fingerprint density at radius 2 is 1.62 bits per heavy atom. The Balaban J connectivity index is 1.98. The third-order valence-electron chi connectivity index (χ3n) is 3.86. The molecule has 26 heavy (non-hydrogen) atoms. The molecule has 3 rings (SSSR count). The zero-order valence-corrected chi connectivity index (χ0v) is 15.7. The van der Waals surface area contributed by atoms with Crippen LogP contribution in [0.1, 0.15) is 11.1 Å². The second kappa shape index (κ2) is 7.49. The first-order valence-electron chi connectivity index (χ1n) is 7.80. The number of nitrogens with zero attached hydrogens (tertiary/aromatic N) is 3. The van der Waals surface area contributed by atoms with Crippen molar-refractivity contribution in [1.29, 1.82) is 0 Å². The zero-order valence-electron chi connectivity index (χ0n) is 14.2. The highest BCUT2D eigenvalue weighted by Gasteiger charge is 2.23. The van der Waals surface area contributed by atoms with Crippen molar-refractivity contribution in [2.75, 3.05) is 10.6 Å². The lowest BCUT2D eigenvalue weighted by Crippen LogP contribution is -2.05. The fraction of sp³-hybridized carbons (Fsp3) is 0.111. The van der Waals surface area contributed by atoms with E-state index in [0.29, 0.717) is 5.69 Å². The summed E-state index contributed by atoms with van der Waals surface area (Å²) in [6, 6.07) is 13.0. The molecule has 0 aliphatic heterocycles. The van der Waals surface area contributed by atoms with Crippen molar-refractivity contribution < 1.29 is 4.92 Å². The zero-order chi connectivity index (χ0) is 18.7. The maximum Gasteiger partial charge on any atom is 0.353 e. The molecule has 1 heterocycles. The van der Waals surface area contributed by atoms with Crippen LogP contribution < -0.4 is 10.6 Å². The fourth-order valence-corrected chi connectivity index (χ4v) is 2.79. The summed E-state index contributed by atoms with van der Waals surface area (Å²) in [7, 11) is 0. The molecule has 0 bridgehead atoms. The number of halogens is 1. The maximum absolute atomic E-state index is 11.6. The summed E-state index contributed by atoms with van der Waals surface area (Å²) in [5.41, 5.74) is 3.41. The number of rotatable bonds is 5. The molecular weight excluding hydrogens is 398 g/mol. The van der Waals surface area contributed by atoms with Crippen LogP contribution in [-0.4, -0.2) is 14.9 Å². The Morgan fingerprint density at radius 1 is 0.962 bits per heavy atom. The first kappa shape index (κ1) is 17.8. The number of aromatic nitrogens is 2. The second-order valence-electron chi connectivity index (χ2n) is 5.74. The number of nitro groups is 1. The van der Waals surface area contributed by atoms with Gasteiger partial charge in [-0.1, -0.05) is 28.1 Å². The van der Waals surface area contributed by atoms with E-state index < -0.39 is 4.92 Å². The maximum atomic E-state index is 11.6. The third-order valence-corrected chi connectivity index (χ3v) is 4.36. The highest BCUT2D eigenvalue weighted by atomic mass is 79.9. The third kappa shape index (κ3) is 3.97. The second-order valence-corrected chi connectivity index (χ2v) is 6.65. The lowest BCUT2D eigenvalue weighted by atomic mass is 10.1. The van der Waals surface area contributed by atoms with Crippen LogP contribution in [-0.2, 0) is 0 Å². The predicted octanol–water partition coefficient (Wildman–Crippen LogP) is 5.25. The van der Waals surface area contributed by atoms with E-state index in [9.17, 15) is 10.1 Å². The Morgan fingerprint density at radius 3 is 2.19 bits per heavy atom. The lowest BCUT2D eigenvalue weighted by molar-refractivity contribution is -0.383. The van der Waals surface area contributed by atoms with Crippen LogP contribution in [0.25, 0.3) is 0 Å². The molecule has 132 valence electrons. The van der Waals surface area contributed by atoms with E-state index in [1.165, 1.54) is 6.33 Å². The minimum absolute atomic E-state index is 0.120. The lowest BCUT2D eigenvalue weighted by Gasteiger charge is -2.11. The summed E-state index contributed by atoms with van der Waals surface area (Å²) >= 11 is 3.38. The molecular formula is C18H16BrN5O2. The van der Waals surface area contributed by atoms with Crippen molar-refractivity contribution in [3.63, 3.8) is 0 Å². The molecule has 0 radical (unpaired) electrons. The normalized spacial score (nSPS) is 10.4. The van der Waals surface area contributed by atoms with Crippen LogP contribution >= 0.6 is 15.9 Å². The summed E-state index contributed by atoms with van der Waals surface area (Å²) in [6.45, 7) is 3.99. The van der Waals surface area contributed by atoms with E-state index >= 15 is 0 Å². The van der Waals surface area contributed by atoms with Gasteiger partial charge in [0.25, 0.3) is 0 Å². The molecule has 7 nitrogen and oxygen atoms in total. The summed E-state index contributed by atoms with van der Waals surface area (Å²) < 4.78 is 0.854. The molecule has 2 aromatic carbocycles. The Hall–Kier alpha value is -3.00. The van der Waals surface area contributed by atoms with Crippen molar-refractivity contribution >= 4 is 44.6 Å². The van der Waals surface area contributed by atoms with Gasteiger partial charge in [0.05, 0.1) is 4.92 Å². The van der Waals surface area contributed by atoms with Crippen LogP contribution in [0.15, 0.2) is 53.3 Å². The van der Waals surface area contributed by atoms with Gasteiger partial charge >= 0.3 is 5.69 Å². The van der Waals surface area contributed by atoms with Gasteiger partial charge in [-0.05, 0) is 55.3 Å². The molecule has 0 saturated carbocycles. The van der Waals surface area contributed by atoms with Gasteiger partial charge in [-0.15, -0.1) is 0 Å². The van der Waals surface area contributed by atoms with Crippen LogP contribution in [0.5, 0.6) is 0 Å². The molecule has 2 N–H and O–H groups in total. The van der Waals surface area contributed by atoms with Gasteiger partial charge in [0.15, 0.2) is 0 Å². The fourth-order valence-electron chi connectivity index (χ4n) is 2.39. The predicted molar refractivity (Wildman–Crippen MR) is 105 cm³/mol. The molecule has 0 aliphatic carbocycles. The van der Waals surface area contributed by atoms with Crippen molar-refractivity contribution in [3.8, 4) is 0 Å². The van der Waals surface area contributed by atoms with Gasteiger partial charge in [-0.3, -0.25) is 10.1 Å². The van der Waals surface area contributed by atoms with Crippen molar-refractivity contribution in [3.05, 3.63) is 74.5 Å². The van der Waals surface area contributed by atoms with Crippen LogP contribution in [0.3, 0.4) is 0 Å². The minimum Gasteiger partial charge on any atom is -0.334 e. The molecule has 0 fully saturated rings. The van der Waals surface area contributed by atoms with Crippen molar-refractivity contribution in [2.45, 2.75) is 13.8 Å². The summed E-state index contributed by atoms with van der Waals surface area (Å²) in [5, 5.41) is 17.6. The molecule has 0 aliphatic rings. The molecule has 0 spiro atoms. The van der Waals surface area contributed by atoms with Crippen LogP contribution in [0, 0.1) is 24.0 Å². The van der Waals surface area contributed by atoms with Crippen molar-refractivity contribution in [1.82, 2.24) is 9.97 Å². The van der Waals surface area contributed by atoms with Gasteiger partial charge in [-0.25, -0.2) is 9.97 Å². The average Bonchev–Trinajstić information content (AvgIpc) is 2.58. The SMILES string of the molecule is Cc1ccc(Nc2ncnc(Nc3cccc(Br)c3)c2[N+](=O)[O-])cc1C. The van der Waals surface area contributed by atoms with Gasteiger partial charge in [0.2, 0.25) is 11.6 Å². The van der Waals surface area contributed by atoms with Gasteiger partial charge < -0.3 is 10.6 Å². The first-order chi connectivity index (χ1) is 12.4. The number of anilines is 4. The standard InChI is InChI=1S/C18H16BrN5O2/c1-11-6-7-15(8-12(11)2)23-18-16(24(25)26)17(20-10-21-18)22-14-5-3-4-13(19)9-14/h3-10H,1-2H3,(H2,20,21,22,23). The number of hydrogen-bond donors (Lipinski definition) is 2. The molecule has 0 saturated heterocycles. The Kier molecular flexibility index (Phi) is 5.13. The van der Waals surface area contributed by atoms with Crippen molar-refractivity contribution in [2.24, 2.45) is 0 Å². The molecule has 0 unspecified atom stereocenters. The van der Waals surface area contributed by atoms with E-state index in [-0.39, 0.29) is 17.3 Å². The van der Waals surface area contributed by atoms with Gasteiger partial charge in [0.1, 0.15) is 6.33 Å². The number of nitrogens with one attached hydrogen (secondary N) is 2. The molecule has 0 atom stereocenters. The molecule has 8 heteroatoms. The quantitative estimate of drug-likeness (QED) is 0.438.